The van der Waals surface area contributed by atoms with Gasteiger partial charge >= 0.3 is 0 Å². The van der Waals surface area contributed by atoms with Crippen molar-refractivity contribution < 1.29 is 8.42 Å². The van der Waals surface area contributed by atoms with Crippen LogP contribution in [0.5, 0.6) is 0 Å². The van der Waals surface area contributed by atoms with Gasteiger partial charge in [0.15, 0.2) is 14.9 Å². The predicted molar refractivity (Wildman–Crippen MR) is 80.6 cm³/mol. The van der Waals surface area contributed by atoms with Crippen molar-refractivity contribution in [2.45, 2.75) is 32.2 Å². The van der Waals surface area contributed by atoms with Crippen LogP contribution in [0.2, 0.25) is 0 Å². The Labute approximate surface area is 120 Å². The minimum absolute atomic E-state index is 0.0924. The van der Waals surface area contributed by atoms with Crippen molar-refractivity contribution in [2.24, 2.45) is 0 Å². The van der Waals surface area contributed by atoms with E-state index >= 15 is 0 Å². The number of benzene rings is 1. The Morgan fingerprint density at radius 2 is 1.80 bits per heavy atom. The van der Waals surface area contributed by atoms with Gasteiger partial charge in [-0.25, -0.2) is 13.4 Å². The minimum atomic E-state index is -3.33. The fourth-order valence-corrected chi connectivity index (χ4v) is 3.67. The van der Waals surface area contributed by atoms with Crippen molar-refractivity contribution in [2.75, 3.05) is 5.75 Å². The third-order valence-corrected chi connectivity index (χ3v) is 5.16. The van der Waals surface area contributed by atoms with Gasteiger partial charge < -0.3 is 0 Å². The Balaban J connectivity index is 2.22. The lowest BCUT2D eigenvalue weighted by atomic mass is 10.0. The van der Waals surface area contributed by atoms with Crippen LogP contribution in [0.25, 0.3) is 0 Å². The molecule has 0 spiro atoms. The summed E-state index contributed by atoms with van der Waals surface area (Å²) in [6.07, 6.45) is 2.05. The summed E-state index contributed by atoms with van der Waals surface area (Å²) in [7, 11) is -3.33. The molecule has 0 unspecified atom stereocenters. The van der Waals surface area contributed by atoms with Gasteiger partial charge in [0.25, 0.3) is 0 Å². The zero-order valence-electron chi connectivity index (χ0n) is 12.1. The van der Waals surface area contributed by atoms with Gasteiger partial charge in [-0.1, -0.05) is 29.8 Å². The molecule has 1 aromatic carbocycles. The van der Waals surface area contributed by atoms with E-state index < -0.39 is 9.84 Å². The zero-order chi connectivity index (χ0) is 14.8. The SMILES string of the molecule is Cc1ccc(C)c(CCS(=O)(=O)c2ncccc2C)c1. The molecule has 0 saturated carbocycles. The smallest absolute Gasteiger partial charge is 0.196 e. The molecular formula is C16H19NO2S. The molecule has 0 saturated heterocycles. The standard InChI is InChI=1S/C16H19NO2S/c1-12-6-7-13(2)15(11-12)8-10-20(18,19)16-14(3)5-4-9-17-16/h4-7,9,11H,8,10H2,1-3H3. The Hall–Kier alpha value is -1.68. The molecule has 0 aliphatic heterocycles. The van der Waals surface area contributed by atoms with Crippen molar-refractivity contribution in [3.63, 3.8) is 0 Å². The first kappa shape index (κ1) is 14.7. The maximum atomic E-state index is 12.4. The monoisotopic (exact) mass is 289 g/mol. The van der Waals surface area contributed by atoms with Gasteiger partial charge in [0, 0.05) is 6.20 Å². The largest absolute Gasteiger partial charge is 0.244 e. The van der Waals surface area contributed by atoms with Gasteiger partial charge in [-0.15, -0.1) is 0 Å². The highest BCUT2D eigenvalue weighted by Crippen LogP contribution is 2.17. The fraction of sp³-hybridized carbons (Fsp3) is 0.312. The number of aryl methyl sites for hydroxylation is 4. The molecule has 3 nitrogen and oxygen atoms in total. The van der Waals surface area contributed by atoms with Crippen molar-refractivity contribution in [3.05, 3.63) is 58.8 Å². The molecule has 0 atom stereocenters. The van der Waals surface area contributed by atoms with Gasteiger partial charge in [-0.3, -0.25) is 0 Å². The Morgan fingerprint density at radius 3 is 2.50 bits per heavy atom. The summed E-state index contributed by atoms with van der Waals surface area (Å²) in [6.45, 7) is 5.80. The Bertz CT molecular complexity index is 721. The van der Waals surface area contributed by atoms with Gasteiger partial charge in [0.2, 0.25) is 0 Å². The summed E-state index contributed by atoms with van der Waals surface area (Å²) in [5.74, 6) is 0.0924. The summed E-state index contributed by atoms with van der Waals surface area (Å²) in [6, 6.07) is 9.65. The molecule has 4 heteroatoms. The minimum Gasteiger partial charge on any atom is -0.244 e. The van der Waals surface area contributed by atoms with Crippen LogP contribution >= 0.6 is 0 Å². The summed E-state index contributed by atoms with van der Waals surface area (Å²) in [5, 5.41) is 0.199. The molecule has 0 radical (unpaired) electrons. The lowest BCUT2D eigenvalue weighted by molar-refractivity contribution is 0.590. The molecule has 1 aromatic heterocycles. The second-order valence-corrected chi connectivity index (χ2v) is 7.15. The highest BCUT2D eigenvalue weighted by Gasteiger charge is 2.18. The van der Waals surface area contributed by atoms with E-state index in [4.69, 9.17) is 0 Å². The summed E-state index contributed by atoms with van der Waals surface area (Å²) in [4.78, 5) is 4.01. The van der Waals surface area contributed by atoms with Crippen LogP contribution in [-0.4, -0.2) is 19.2 Å². The molecule has 0 aliphatic carbocycles. The van der Waals surface area contributed by atoms with Crippen molar-refractivity contribution in [1.82, 2.24) is 4.98 Å². The highest BCUT2D eigenvalue weighted by atomic mass is 32.2. The predicted octanol–water partition coefficient (Wildman–Crippen LogP) is 3.02. The second-order valence-electron chi connectivity index (χ2n) is 5.12. The van der Waals surface area contributed by atoms with Gasteiger partial charge in [0.05, 0.1) is 5.75 Å². The van der Waals surface area contributed by atoms with Gasteiger partial charge in [-0.05, 0) is 49.9 Å². The van der Waals surface area contributed by atoms with E-state index in [9.17, 15) is 8.42 Å². The van der Waals surface area contributed by atoms with Crippen LogP contribution in [-0.2, 0) is 16.3 Å². The summed E-state index contributed by atoms with van der Waals surface area (Å²) >= 11 is 0. The molecule has 0 aliphatic rings. The van der Waals surface area contributed by atoms with Crippen LogP contribution in [0, 0.1) is 20.8 Å². The molecule has 1 heterocycles. The average Bonchev–Trinajstić information content (AvgIpc) is 2.40. The van der Waals surface area contributed by atoms with Crippen LogP contribution in [0.1, 0.15) is 22.3 Å². The number of hydrogen-bond acceptors (Lipinski definition) is 3. The van der Waals surface area contributed by atoms with Crippen LogP contribution in [0.3, 0.4) is 0 Å². The molecule has 20 heavy (non-hydrogen) atoms. The highest BCUT2D eigenvalue weighted by molar-refractivity contribution is 7.91. The average molecular weight is 289 g/mol. The maximum absolute atomic E-state index is 12.4. The quantitative estimate of drug-likeness (QED) is 0.869. The van der Waals surface area contributed by atoms with E-state index in [2.05, 4.69) is 11.1 Å². The summed E-state index contributed by atoms with van der Waals surface area (Å²) in [5.41, 5.74) is 4.07. The first-order valence-corrected chi connectivity index (χ1v) is 8.26. The van der Waals surface area contributed by atoms with Crippen molar-refractivity contribution in [3.8, 4) is 0 Å². The third kappa shape index (κ3) is 3.25. The van der Waals surface area contributed by atoms with Crippen LogP contribution < -0.4 is 0 Å². The van der Waals surface area contributed by atoms with E-state index in [1.54, 1.807) is 19.1 Å². The molecule has 106 valence electrons. The van der Waals surface area contributed by atoms with E-state index in [0.717, 1.165) is 16.7 Å². The molecule has 2 aromatic rings. The van der Waals surface area contributed by atoms with E-state index in [1.165, 1.54) is 6.20 Å². The number of hydrogen-bond donors (Lipinski definition) is 0. The number of aromatic nitrogens is 1. The first-order chi connectivity index (χ1) is 9.40. The lowest BCUT2D eigenvalue weighted by Crippen LogP contribution is -2.13. The third-order valence-electron chi connectivity index (χ3n) is 3.40. The lowest BCUT2D eigenvalue weighted by Gasteiger charge is -2.09. The number of nitrogens with zero attached hydrogens (tertiary/aromatic N) is 1. The molecular weight excluding hydrogens is 270 g/mol. The molecule has 0 fully saturated rings. The zero-order valence-corrected chi connectivity index (χ0v) is 12.9. The van der Waals surface area contributed by atoms with Gasteiger partial charge in [-0.2, -0.15) is 0 Å². The normalized spacial score (nSPS) is 11.6. The summed E-state index contributed by atoms with van der Waals surface area (Å²) < 4.78 is 24.7. The van der Waals surface area contributed by atoms with Gasteiger partial charge in [0.1, 0.15) is 0 Å². The maximum Gasteiger partial charge on any atom is 0.196 e. The fourth-order valence-electron chi connectivity index (χ4n) is 2.21. The number of rotatable bonds is 4. The van der Waals surface area contributed by atoms with Crippen LogP contribution in [0.15, 0.2) is 41.6 Å². The van der Waals surface area contributed by atoms with Crippen LogP contribution in [0.4, 0.5) is 0 Å². The number of sulfone groups is 1. The second kappa shape index (κ2) is 5.75. The Morgan fingerprint density at radius 1 is 1.05 bits per heavy atom. The van der Waals surface area contributed by atoms with E-state index in [-0.39, 0.29) is 10.8 Å². The molecule has 0 amide bonds. The first-order valence-electron chi connectivity index (χ1n) is 6.60. The molecule has 0 bridgehead atoms. The van der Waals surface area contributed by atoms with Crippen molar-refractivity contribution >= 4 is 9.84 Å². The molecule has 2 rings (SSSR count). The van der Waals surface area contributed by atoms with E-state index in [0.29, 0.717) is 12.0 Å². The van der Waals surface area contributed by atoms with Crippen molar-refractivity contribution in [1.29, 1.82) is 0 Å². The van der Waals surface area contributed by atoms with E-state index in [1.807, 2.05) is 26.0 Å². The molecule has 0 N–H and O–H groups in total. The topological polar surface area (TPSA) is 47.0 Å². The number of pyridine rings is 1. The Kier molecular flexibility index (Phi) is 4.23.